The van der Waals surface area contributed by atoms with Crippen LogP contribution < -0.4 is 15.6 Å². The second-order valence-electron chi connectivity index (χ2n) is 5.28. The Morgan fingerprint density at radius 2 is 1.92 bits per heavy atom. The van der Waals surface area contributed by atoms with Crippen molar-refractivity contribution >= 4 is 16.7 Å². The molecule has 1 amide bonds. The highest BCUT2D eigenvalue weighted by Gasteiger charge is 2.09. The molecule has 0 fully saturated rings. The smallest absolute Gasteiger partial charge is 0.275 e. The maximum absolute atomic E-state index is 12.3. The van der Waals surface area contributed by atoms with Crippen molar-refractivity contribution in [2.24, 2.45) is 0 Å². The average Bonchev–Trinajstić information content (AvgIpc) is 2.63. The summed E-state index contributed by atoms with van der Waals surface area (Å²) in [6.07, 6.45) is 1.59. The quantitative estimate of drug-likeness (QED) is 0.776. The van der Waals surface area contributed by atoms with Crippen LogP contribution in [0.25, 0.3) is 10.8 Å². The highest BCUT2D eigenvalue weighted by atomic mass is 16.5. The molecule has 0 saturated carbocycles. The molecule has 3 aromatic rings. The number of fused-ring (bicyclic) bond motifs is 1. The Morgan fingerprint density at radius 1 is 1.17 bits per heavy atom. The van der Waals surface area contributed by atoms with Crippen LogP contribution in [0.1, 0.15) is 5.56 Å². The summed E-state index contributed by atoms with van der Waals surface area (Å²) < 4.78 is 6.41. The van der Waals surface area contributed by atoms with E-state index in [9.17, 15) is 9.59 Å². The van der Waals surface area contributed by atoms with E-state index < -0.39 is 0 Å². The van der Waals surface area contributed by atoms with Crippen LogP contribution in [0.3, 0.4) is 0 Å². The summed E-state index contributed by atoms with van der Waals surface area (Å²) in [5.74, 6) is 0.421. The first-order valence-corrected chi connectivity index (χ1v) is 7.52. The number of amides is 1. The Morgan fingerprint density at radius 3 is 2.75 bits per heavy atom. The van der Waals surface area contributed by atoms with Gasteiger partial charge in [-0.2, -0.15) is 5.10 Å². The van der Waals surface area contributed by atoms with Gasteiger partial charge in [-0.1, -0.05) is 36.4 Å². The third-order valence-corrected chi connectivity index (χ3v) is 3.72. The maximum Gasteiger partial charge on any atom is 0.275 e. The zero-order valence-electron chi connectivity index (χ0n) is 13.2. The van der Waals surface area contributed by atoms with Crippen LogP contribution in [-0.4, -0.2) is 22.8 Å². The number of ether oxygens (including phenoxy) is 1. The SMILES string of the molecule is COc1ccccc1CNC(=O)Cn1ncc2ccccc2c1=O. The molecule has 2 aromatic carbocycles. The second-order valence-corrected chi connectivity index (χ2v) is 5.28. The monoisotopic (exact) mass is 323 g/mol. The Hall–Kier alpha value is -3.15. The summed E-state index contributed by atoms with van der Waals surface area (Å²) >= 11 is 0. The number of nitrogens with one attached hydrogen (secondary N) is 1. The summed E-state index contributed by atoms with van der Waals surface area (Å²) in [5.41, 5.74) is 0.590. The van der Waals surface area contributed by atoms with Crippen LogP contribution in [0, 0.1) is 0 Å². The maximum atomic E-state index is 12.3. The van der Waals surface area contributed by atoms with Crippen LogP contribution in [0.2, 0.25) is 0 Å². The molecule has 0 aliphatic heterocycles. The van der Waals surface area contributed by atoms with Crippen LogP contribution in [0.4, 0.5) is 0 Å². The van der Waals surface area contributed by atoms with Gasteiger partial charge in [-0.25, -0.2) is 4.68 Å². The molecule has 0 aliphatic rings. The van der Waals surface area contributed by atoms with Gasteiger partial charge in [0.15, 0.2) is 0 Å². The molecular weight excluding hydrogens is 306 g/mol. The third-order valence-electron chi connectivity index (χ3n) is 3.72. The van der Waals surface area contributed by atoms with Crippen molar-refractivity contribution < 1.29 is 9.53 Å². The molecule has 3 rings (SSSR count). The second kappa shape index (κ2) is 6.95. The van der Waals surface area contributed by atoms with Crippen molar-refractivity contribution in [2.75, 3.05) is 7.11 Å². The Labute approximate surface area is 138 Å². The summed E-state index contributed by atoms with van der Waals surface area (Å²) in [6.45, 7) is 0.198. The highest BCUT2D eigenvalue weighted by Crippen LogP contribution is 2.16. The minimum absolute atomic E-state index is 0.126. The number of carbonyl (C=O) groups is 1. The Bertz CT molecular complexity index is 934. The number of hydrogen-bond donors (Lipinski definition) is 1. The molecule has 24 heavy (non-hydrogen) atoms. The van der Waals surface area contributed by atoms with Gasteiger partial charge in [0.25, 0.3) is 5.56 Å². The van der Waals surface area contributed by atoms with E-state index >= 15 is 0 Å². The number of para-hydroxylation sites is 1. The summed E-state index contributed by atoms with van der Waals surface area (Å²) in [4.78, 5) is 24.5. The lowest BCUT2D eigenvalue weighted by Gasteiger charge is -2.10. The van der Waals surface area contributed by atoms with Gasteiger partial charge in [-0.05, 0) is 12.1 Å². The fourth-order valence-corrected chi connectivity index (χ4v) is 2.48. The van der Waals surface area contributed by atoms with E-state index in [1.165, 1.54) is 4.68 Å². The van der Waals surface area contributed by atoms with E-state index in [2.05, 4.69) is 10.4 Å². The summed E-state index contributed by atoms with van der Waals surface area (Å²) in [5, 5.41) is 8.14. The number of hydrogen-bond acceptors (Lipinski definition) is 4. The molecule has 1 heterocycles. The number of rotatable bonds is 5. The molecule has 0 unspecified atom stereocenters. The molecule has 0 bridgehead atoms. The molecule has 1 aromatic heterocycles. The molecule has 122 valence electrons. The van der Waals surface area contributed by atoms with Gasteiger partial charge >= 0.3 is 0 Å². The first-order valence-electron chi connectivity index (χ1n) is 7.52. The lowest BCUT2D eigenvalue weighted by atomic mass is 10.2. The van der Waals surface area contributed by atoms with E-state index in [0.29, 0.717) is 17.7 Å². The first-order chi connectivity index (χ1) is 11.7. The van der Waals surface area contributed by atoms with E-state index in [0.717, 1.165) is 10.9 Å². The predicted octanol–water partition coefficient (Wildman–Crippen LogP) is 1.72. The lowest BCUT2D eigenvalue weighted by molar-refractivity contribution is -0.122. The highest BCUT2D eigenvalue weighted by molar-refractivity contribution is 5.81. The molecule has 6 heteroatoms. The zero-order valence-corrected chi connectivity index (χ0v) is 13.2. The number of methoxy groups -OCH3 is 1. The number of benzene rings is 2. The van der Waals surface area contributed by atoms with Gasteiger partial charge in [-0.15, -0.1) is 0 Å². The normalized spacial score (nSPS) is 10.5. The molecule has 1 N–H and O–H groups in total. The standard InChI is InChI=1S/C18H17N3O3/c1-24-16-9-5-3-7-14(16)10-19-17(22)12-21-18(23)15-8-4-2-6-13(15)11-20-21/h2-9,11H,10,12H2,1H3,(H,19,22). The zero-order chi connectivity index (χ0) is 16.9. The minimum atomic E-state index is -0.286. The molecule has 0 spiro atoms. The van der Waals surface area contributed by atoms with Crippen molar-refractivity contribution in [3.8, 4) is 5.75 Å². The molecule has 6 nitrogen and oxygen atoms in total. The van der Waals surface area contributed by atoms with Crippen molar-refractivity contribution in [3.63, 3.8) is 0 Å². The van der Waals surface area contributed by atoms with Crippen molar-refractivity contribution in [3.05, 3.63) is 70.6 Å². The topological polar surface area (TPSA) is 73.2 Å². The van der Waals surface area contributed by atoms with Gasteiger partial charge < -0.3 is 10.1 Å². The van der Waals surface area contributed by atoms with E-state index in [1.807, 2.05) is 36.4 Å². The van der Waals surface area contributed by atoms with Gasteiger partial charge in [0.1, 0.15) is 12.3 Å². The van der Waals surface area contributed by atoms with Crippen LogP contribution in [0.15, 0.2) is 59.5 Å². The fourth-order valence-electron chi connectivity index (χ4n) is 2.48. The van der Waals surface area contributed by atoms with Gasteiger partial charge in [0, 0.05) is 17.5 Å². The van der Waals surface area contributed by atoms with E-state index in [1.54, 1.807) is 25.4 Å². The minimum Gasteiger partial charge on any atom is -0.496 e. The molecule has 0 radical (unpaired) electrons. The Kier molecular flexibility index (Phi) is 4.56. The van der Waals surface area contributed by atoms with Crippen LogP contribution in [0.5, 0.6) is 5.75 Å². The summed E-state index contributed by atoms with van der Waals surface area (Å²) in [7, 11) is 1.58. The van der Waals surface area contributed by atoms with Crippen molar-refractivity contribution in [2.45, 2.75) is 13.1 Å². The van der Waals surface area contributed by atoms with Gasteiger partial charge in [0.05, 0.1) is 18.7 Å². The number of nitrogens with zero attached hydrogens (tertiary/aromatic N) is 2. The fraction of sp³-hybridized carbons (Fsp3) is 0.167. The molecule has 0 aliphatic carbocycles. The molecule has 0 saturated heterocycles. The largest absolute Gasteiger partial charge is 0.496 e. The first kappa shape index (κ1) is 15.7. The number of carbonyl (C=O) groups excluding carboxylic acids is 1. The van der Waals surface area contributed by atoms with E-state index in [-0.39, 0.29) is 18.0 Å². The Balaban J connectivity index is 1.71. The lowest BCUT2D eigenvalue weighted by Crippen LogP contribution is -2.33. The predicted molar refractivity (Wildman–Crippen MR) is 90.8 cm³/mol. The van der Waals surface area contributed by atoms with Gasteiger partial charge in [0.2, 0.25) is 5.91 Å². The van der Waals surface area contributed by atoms with Crippen LogP contribution >= 0.6 is 0 Å². The molecule has 0 atom stereocenters. The third kappa shape index (κ3) is 3.27. The summed E-state index contributed by atoms with van der Waals surface area (Å²) in [6, 6.07) is 14.6. The molecular formula is C18H17N3O3. The van der Waals surface area contributed by atoms with Crippen molar-refractivity contribution in [1.82, 2.24) is 15.1 Å². The van der Waals surface area contributed by atoms with E-state index in [4.69, 9.17) is 4.74 Å². The average molecular weight is 323 g/mol. The van der Waals surface area contributed by atoms with Crippen LogP contribution in [-0.2, 0) is 17.9 Å². The van der Waals surface area contributed by atoms with Crippen molar-refractivity contribution in [1.29, 1.82) is 0 Å². The number of aromatic nitrogens is 2. The van der Waals surface area contributed by atoms with Gasteiger partial charge in [-0.3, -0.25) is 9.59 Å².